The summed E-state index contributed by atoms with van der Waals surface area (Å²) < 4.78 is 14.0. The maximum atomic E-state index is 6.71. The van der Waals surface area contributed by atoms with E-state index in [0.717, 1.165) is 87.7 Å². The van der Waals surface area contributed by atoms with E-state index in [1.165, 1.54) is 46.4 Å². The van der Waals surface area contributed by atoms with Crippen molar-refractivity contribution in [1.82, 2.24) is 14.5 Å². The van der Waals surface area contributed by atoms with Gasteiger partial charge in [-0.15, -0.1) is 22.7 Å². The molecule has 9 aromatic carbocycles. The van der Waals surface area contributed by atoms with Crippen LogP contribution >= 0.6 is 22.7 Å². The molecule has 0 aliphatic carbocycles. The molecule has 0 bridgehead atoms. The van der Waals surface area contributed by atoms with E-state index in [1.54, 1.807) is 11.3 Å². The van der Waals surface area contributed by atoms with Gasteiger partial charge in [0.15, 0.2) is 5.82 Å². The minimum Gasteiger partial charge on any atom is -0.456 e. The van der Waals surface area contributed by atoms with Crippen molar-refractivity contribution in [3.05, 3.63) is 164 Å². The van der Waals surface area contributed by atoms with Crippen LogP contribution in [0.1, 0.15) is 0 Å². The molecule has 0 aliphatic rings. The number of thiophene rings is 2. The zero-order valence-corrected chi connectivity index (χ0v) is 32.3. The van der Waals surface area contributed by atoms with Crippen LogP contribution in [-0.4, -0.2) is 14.5 Å². The van der Waals surface area contributed by atoms with Gasteiger partial charge in [-0.05, 0) is 64.7 Å². The van der Waals surface area contributed by atoms with Crippen molar-refractivity contribution in [3.63, 3.8) is 0 Å². The number of hydrogen-bond acceptors (Lipinski definition) is 5. The second-order valence-corrected chi connectivity index (χ2v) is 17.3. The van der Waals surface area contributed by atoms with E-state index in [1.807, 2.05) is 11.3 Å². The second-order valence-electron chi connectivity index (χ2n) is 15.2. The first-order chi connectivity index (χ1) is 28.8. The molecule has 6 heteroatoms. The van der Waals surface area contributed by atoms with Crippen molar-refractivity contribution in [3.8, 4) is 28.3 Å². The molecule has 0 radical (unpaired) electrons. The van der Waals surface area contributed by atoms with Gasteiger partial charge >= 0.3 is 0 Å². The summed E-state index contributed by atoms with van der Waals surface area (Å²) in [5.74, 6) is 0.729. The molecule has 5 heterocycles. The third-order valence-corrected chi connectivity index (χ3v) is 14.6. The average molecular weight is 774 g/mol. The Kier molecular flexibility index (Phi) is 6.02. The van der Waals surface area contributed by atoms with Crippen LogP contribution in [0.2, 0.25) is 0 Å². The molecule has 0 amide bonds. The number of fused-ring (bicyclic) bond motifs is 7. The molecule has 0 aliphatic heterocycles. The Hall–Kier alpha value is -7.12. The molecule has 0 unspecified atom stereocenters. The molecule has 0 atom stereocenters. The van der Waals surface area contributed by atoms with Crippen molar-refractivity contribution in [2.75, 3.05) is 0 Å². The Labute approximate surface area is 337 Å². The highest BCUT2D eigenvalue weighted by molar-refractivity contribution is 7.27. The molecule has 5 aromatic heterocycles. The number of benzene rings is 9. The summed E-state index contributed by atoms with van der Waals surface area (Å²) in [5, 5.41) is 13.1. The summed E-state index contributed by atoms with van der Waals surface area (Å²) in [7, 11) is 0. The predicted molar refractivity (Wildman–Crippen MR) is 246 cm³/mol. The largest absolute Gasteiger partial charge is 0.456 e. The van der Waals surface area contributed by atoms with Crippen molar-refractivity contribution in [2.24, 2.45) is 0 Å². The maximum Gasteiger partial charge on any atom is 0.161 e. The zero-order valence-electron chi connectivity index (χ0n) is 30.7. The van der Waals surface area contributed by atoms with Crippen molar-refractivity contribution < 1.29 is 4.42 Å². The van der Waals surface area contributed by atoms with Crippen LogP contribution in [0.25, 0.3) is 134 Å². The van der Waals surface area contributed by atoms with Gasteiger partial charge in [0.05, 0.1) is 32.6 Å². The zero-order chi connectivity index (χ0) is 37.6. The SMILES string of the molecule is c1cc2ccc3c4c2c(c1)oc1cccc2ccc(c4c21)n3-c1ccc(-c2nc(-c3cccc4c3sc3ccccc34)c3sc4ccccc4c3n2)c2ccccc12. The van der Waals surface area contributed by atoms with Gasteiger partial charge in [0.2, 0.25) is 0 Å². The first-order valence-electron chi connectivity index (χ1n) is 19.5. The maximum absolute atomic E-state index is 6.71. The molecule has 58 heavy (non-hydrogen) atoms. The average Bonchev–Trinajstić information content (AvgIpc) is 3.92. The molecular formula is C52H27N3OS2. The summed E-state index contributed by atoms with van der Waals surface area (Å²) >= 11 is 3.63. The molecule has 14 aromatic rings. The van der Waals surface area contributed by atoms with E-state index in [-0.39, 0.29) is 0 Å². The van der Waals surface area contributed by atoms with Gasteiger partial charge in [0, 0.05) is 68.3 Å². The van der Waals surface area contributed by atoms with Gasteiger partial charge in [-0.3, -0.25) is 0 Å². The topological polar surface area (TPSA) is 43.9 Å². The molecule has 0 spiro atoms. The van der Waals surface area contributed by atoms with Gasteiger partial charge in [-0.25, -0.2) is 9.97 Å². The van der Waals surface area contributed by atoms with Crippen LogP contribution in [0.4, 0.5) is 0 Å². The Morgan fingerprint density at radius 3 is 1.76 bits per heavy atom. The van der Waals surface area contributed by atoms with Gasteiger partial charge in [0.25, 0.3) is 0 Å². The second kappa shape index (κ2) is 11.3. The molecule has 0 N–H and O–H groups in total. The van der Waals surface area contributed by atoms with E-state index in [9.17, 15) is 0 Å². The molecule has 0 saturated carbocycles. The minimum absolute atomic E-state index is 0.729. The lowest BCUT2D eigenvalue weighted by molar-refractivity contribution is 0.664. The van der Waals surface area contributed by atoms with Crippen LogP contribution in [0.5, 0.6) is 0 Å². The van der Waals surface area contributed by atoms with Crippen LogP contribution in [0.15, 0.2) is 168 Å². The van der Waals surface area contributed by atoms with Gasteiger partial charge in [0.1, 0.15) is 11.2 Å². The van der Waals surface area contributed by atoms with Crippen LogP contribution in [-0.2, 0) is 0 Å². The minimum atomic E-state index is 0.729. The molecule has 0 saturated heterocycles. The molecule has 268 valence electrons. The summed E-state index contributed by atoms with van der Waals surface area (Å²) in [6.07, 6.45) is 0. The fraction of sp³-hybridized carbons (Fsp3) is 0. The number of rotatable bonds is 3. The smallest absolute Gasteiger partial charge is 0.161 e. The Morgan fingerprint density at radius 1 is 0.414 bits per heavy atom. The Balaban J connectivity index is 1.07. The lowest BCUT2D eigenvalue weighted by atomic mass is 10.00. The Morgan fingerprint density at radius 2 is 1.02 bits per heavy atom. The van der Waals surface area contributed by atoms with E-state index in [0.29, 0.717) is 0 Å². The van der Waals surface area contributed by atoms with E-state index >= 15 is 0 Å². The van der Waals surface area contributed by atoms with E-state index in [4.69, 9.17) is 14.4 Å². The number of hydrogen-bond donors (Lipinski definition) is 0. The van der Waals surface area contributed by atoms with Crippen LogP contribution in [0.3, 0.4) is 0 Å². The van der Waals surface area contributed by atoms with Gasteiger partial charge < -0.3 is 8.98 Å². The third-order valence-electron chi connectivity index (χ3n) is 12.2. The molecule has 0 fully saturated rings. The fourth-order valence-corrected chi connectivity index (χ4v) is 12.1. The van der Waals surface area contributed by atoms with Crippen molar-refractivity contribution in [1.29, 1.82) is 0 Å². The summed E-state index contributed by atoms with van der Waals surface area (Å²) in [6.45, 7) is 0. The first-order valence-corrected chi connectivity index (χ1v) is 21.1. The highest BCUT2D eigenvalue weighted by Crippen LogP contribution is 2.48. The lowest BCUT2D eigenvalue weighted by Crippen LogP contribution is -1.98. The summed E-state index contributed by atoms with van der Waals surface area (Å²) in [5.41, 5.74) is 9.34. The molecular weight excluding hydrogens is 747 g/mol. The van der Waals surface area contributed by atoms with Crippen LogP contribution in [0, 0.1) is 0 Å². The van der Waals surface area contributed by atoms with Gasteiger partial charge in [-0.2, -0.15) is 0 Å². The summed E-state index contributed by atoms with van der Waals surface area (Å²) in [6, 6.07) is 59.0. The standard InChI is InChI=1S/C52H27N3OS2/c1-2-13-31-30(12-1)34(24-27-37(31)55-38-25-22-28-10-7-18-40-44(28)46(38)47-39(55)26-23-29-11-8-19-41(56-40)45(29)47)52-53-48-35-15-4-6-21-43(35)58-51(48)49(54-52)36-17-9-16-33-32-14-3-5-20-42(32)57-50(33)36/h1-27H. The van der Waals surface area contributed by atoms with Crippen LogP contribution < -0.4 is 0 Å². The normalized spacial score (nSPS) is 12.5. The highest BCUT2D eigenvalue weighted by Gasteiger charge is 2.24. The highest BCUT2D eigenvalue weighted by atomic mass is 32.1. The quantitative estimate of drug-likeness (QED) is 0.180. The van der Waals surface area contributed by atoms with E-state index in [2.05, 4.69) is 168 Å². The number of nitrogens with zero attached hydrogens (tertiary/aromatic N) is 3. The molecule has 14 rings (SSSR count). The van der Waals surface area contributed by atoms with E-state index < -0.39 is 0 Å². The Bertz CT molecular complexity index is 3950. The third kappa shape index (κ3) is 4.02. The van der Waals surface area contributed by atoms with Gasteiger partial charge in [-0.1, -0.05) is 115 Å². The fourth-order valence-electron chi connectivity index (χ4n) is 9.73. The van der Waals surface area contributed by atoms with Crippen molar-refractivity contribution >= 4 is 128 Å². The first kappa shape index (κ1) is 31.0. The molecule has 4 nitrogen and oxygen atoms in total. The summed E-state index contributed by atoms with van der Waals surface area (Å²) in [4.78, 5) is 11.0. The van der Waals surface area contributed by atoms with Crippen molar-refractivity contribution in [2.45, 2.75) is 0 Å². The predicted octanol–water partition coefficient (Wildman–Crippen LogP) is 15.3. The monoisotopic (exact) mass is 773 g/mol. The number of aromatic nitrogens is 3. The lowest BCUT2D eigenvalue weighted by Gasteiger charge is -2.15.